The molecule has 2 N–H and O–H groups in total. The number of aromatic nitrogens is 4. The quantitative estimate of drug-likeness (QED) is 0.515. The van der Waals surface area contributed by atoms with Gasteiger partial charge in [-0.05, 0) is 48.7 Å². The molecule has 146 valence electrons. The van der Waals surface area contributed by atoms with Crippen molar-refractivity contribution < 1.29 is 4.79 Å². The molecule has 1 atom stereocenters. The number of amides is 1. The number of H-pyrrole nitrogens is 1. The van der Waals surface area contributed by atoms with E-state index in [2.05, 4.69) is 20.4 Å². The largest absolute Gasteiger partial charge is 0.342 e. The molecule has 6 heteroatoms. The van der Waals surface area contributed by atoms with E-state index < -0.39 is 0 Å². The molecule has 29 heavy (non-hydrogen) atoms. The highest BCUT2D eigenvalue weighted by Gasteiger charge is 2.17. The number of hydrogen-bond donors (Lipinski definition) is 2. The molecule has 0 aliphatic rings. The van der Waals surface area contributed by atoms with E-state index >= 15 is 0 Å². The average molecular weight is 385 g/mol. The van der Waals surface area contributed by atoms with Gasteiger partial charge in [0.05, 0.1) is 29.8 Å². The second-order valence-electron chi connectivity index (χ2n) is 6.99. The zero-order chi connectivity index (χ0) is 20.2. The van der Waals surface area contributed by atoms with Gasteiger partial charge in [0.25, 0.3) is 5.91 Å². The third kappa shape index (κ3) is 4.11. The fourth-order valence-corrected chi connectivity index (χ4v) is 3.20. The van der Waals surface area contributed by atoms with E-state index in [9.17, 15) is 4.79 Å². The summed E-state index contributed by atoms with van der Waals surface area (Å²) >= 11 is 0. The number of carbonyl (C=O) groups excluding carboxylic acids is 1. The molecule has 0 aliphatic carbocycles. The third-order valence-corrected chi connectivity index (χ3v) is 4.83. The van der Waals surface area contributed by atoms with E-state index in [0.717, 1.165) is 34.8 Å². The highest BCUT2D eigenvalue weighted by Crippen LogP contribution is 2.21. The van der Waals surface area contributed by atoms with Crippen LogP contribution in [0.2, 0.25) is 0 Å². The van der Waals surface area contributed by atoms with Crippen molar-refractivity contribution in [2.75, 3.05) is 0 Å². The number of nitrogens with one attached hydrogen (secondary N) is 2. The molecule has 0 saturated heterocycles. The molecule has 0 aliphatic heterocycles. The number of rotatable bonds is 6. The normalized spacial score (nSPS) is 11.9. The van der Waals surface area contributed by atoms with Gasteiger partial charge in [0.15, 0.2) is 0 Å². The van der Waals surface area contributed by atoms with Gasteiger partial charge >= 0.3 is 0 Å². The number of aromatic amines is 1. The number of benzene rings is 2. The van der Waals surface area contributed by atoms with Gasteiger partial charge < -0.3 is 10.3 Å². The van der Waals surface area contributed by atoms with Crippen LogP contribution in [-0.4, -0.2) is 25.7 Å². The minimum absolute atomic E-state index is 0.127. The smallest absolute Gasteiger partial charge is 0.251 e. The third-order valence-electron chi connectivity index (χ3n) is 4.83. The molecule has 2 aromatic carbocycles. The molecule has 0 spiro atoms. The Kier molecular flexibility index (Phi) is 5.24. The number of nitrogens with zero attached hydrogens (tertiary/aromatic N) is 3. The van der Waals surface area contributed by atoms with Crippen molar-refractivity contribution >= 4 is 5.91 Å². The van der Waals surface area contributed by atoms with Crippen molar-refractivity contribution in [2.24, 2.45) is 0 Å². The maximum atomic E-state index is 12.7. The van der Waals surface area contributed by atoms with Gasteiger partial charge in [0.2, 0.25) is 0 Å². The predicted octanol–water partition coefficient (Wildman–Crippen LogP) is 4.45. The summed E-state index contributed by atoms with van der Waals surface area (Å²) in [5, 5.41) is 7.37. The number of carbonyl (C=O) groups is 1. The minimum atomic E-state index is -0.187. The first-order valence-electron chi connectivity index (χ1n) is 9.67. The first kappa shape index (κ1) is 18.7. The summed E-state index contributed by atoms with van der Waals surface area (Å²) in [7, 11) is 0. The van der Waals surface area contributed by atoms with E-state index in [1.807, 2.05) is 74.6 Å². The van der Waals surface area contributed by atoms with Crippen molar-refractivity contribution in [1.29, 1.82) is 0 Å². The molecule has 2 heterocycles. The molecule has 6 nitrogen and oxygen atoms in total. The van der Waals surface area contributed by atoms with Crippen molar-refractivity contribution in [3.05, 3.63) is 90.1 Å². The van der Waals surface area contributed by atoms with Gasteiger partial charge in [0, 0.05) is 11.8 Å². The van der Waals surface area contributed by atoms with Crippen LogP contribution in [0.15, 0.2) is 73.2 Å². The van der Waals surface area contributed by atoms with Gasteiger partial charge in [-0.3, -0.25) is 4.79 Å². The predicted molar refractivity (Wildman–Crippen MR) is 113 cm³/mol. The molecule has 1 amide bonds. The number of aryl methyl sites for hydroxylation is 1. The van der Waals surface area contributed by atoms with E-state index in [0.29, 0.717) is 5.56 Å². The Hall–Kier alpha value is -3.67. The van der Waals surface area contributed by atoms with Crippen LogP contribution in [0, 0.1) is 6.92 Å². The fraction of sp³-hybridized carbons (Fsp3) is 0.174. The second-order valence-corrected chi connectivity index (χ2v) is 6.99. The van der Waals surface area contributed by atoms with Gasteiger partial charge in [-0.2, -0.15) is 5.10 Å². The Bertz CT molecular complexity index is 1100. The molecule has 2 aromatic heterocycles. The summed E-state index contributed by atoms with van der Waals surface area (Å²) in [5.41, 5.74) is 4.61. The van der Waals surface area contributed by atoms with Crippen LogP contribution in [0.4, 0.5) is 0 Å². The lowest BCUT2D eigenvalue weighted by atomic mass is 10.1. The summed E-state index contributed by atoms with van der Waals surface area (Å²) < 4.78 is 1.79. The van der Waals surface area contributed by atoms with E-state index in [-0.39, 0.29) is 11.9 Å². The van der Waals surface area contributed by atoms with Crippen LogP contribution in [0.25, 0.3) is 16.9 Å². The number of imidazole rings is 1. The average Bonchev–Trinajstić information content (AvgIpc) is 3.42. The summed E-state index contributed by atoms with van der Waals surface area (Å²) in [6.45, 7) is 4.02. The van der Waals surface area contributed by atoms with E-state index in [4.69, 9.17) is 0 Å². The SMILES string of the molecule is CCC(NC(=O)c1ccc(-n2cc(C)cn2)cc1)c1ncc(-c2ccccc2)[nH]1. The molecule has 4 aromatic rings. The Morgan fingerprint density at radius 1 is 1.10 bits per heavy atom. The fourth-order valence-electron chi connectivity index (χ4n) is 3.20. The lowest BCUT2D eigenvalue weighted by Crippen LogP contribution is -2.28. The van der Waals surface area contributed by atoms with Crippen LogP contribution in [0.3, 0.4) is 0 Å². The van der Waals surface area contributed by atoms with Crippen molar-refractivity contribution in [2.45, 2.75) is 26.3 Å². The molecule has 1 unspecified atom stereocenters. The van der Waals surface area contributed by atoms with Gasteiger partial charge in [-0.1, -0.05) is 37.3 Å². The highest BCUT2D eigenvalue weighted by atomic mass is 16.1. The first-order chi connectivity index (χ1) is 14.1. The lowest BCUT2D eigenvalue weighted by Gasteiger charge is -2.15. The van der Waals surface area contributed by atoms with Crippen LogP contribution in [-0.2, 0) is 0 Å². The zero-order valence-corrected chi connectivity index (χ0v) is 16.5. The van der Waals surface area contributed by atoms with Crippen molar-refractivity contribution in [3.63, 3.8) is 0 Å². The maximum Gasteiger partial charge on any atom is 0.251 e. The van der Waals surface area contributed by atoms with E-state index in [1.54, 1.807) is 17.1 Å². The topological polar surface area (TPSA) is 75.6 Å². The maximum absolute atomic E-state index is 12.7. The monoisotopic (exact) mass is 385 g/mol. The Labute approximate surface area is 169 Å². The van der Waals surface area contributed by atoms with Gasteiger partial charge in [0.1, 0.15) is 5.82 Å². The summed E-state index contributed by atoms with van der Waals surface area (Å²) in [6.07, 6.45) is 6.29. The molecule has 4 rings (SSSR count). The Morgan fingerprint density at radius 2 is 1.86 bits per heavy atom. The highest BCUT2D eigenvalue weighted by molar-refractivity contribution is 5.94. The second kappa shape index (κ2) is 8.14. The zero-order valence-electron chi connectivity index (χ0n) is 16.5. The molecule has 0 radical (unpaired) electrons. The van der Waals surface area contributed by atoms with Crippen molar-refractivity contribution in [3.8, 4) is 16.9 Å². The molecule has 0 saturated carbocycles. The minimum Gasteiger partial charge on any atom is -0.342 e. The number of hydrogen-bond acceptors (Lipinski definition) is 3. The van der Waals surface area contributed by atoms with Gasteiger partial charge in [-0.25, -0.2) is 9.67 Å². The first-order valence-corrected chi connectivity index (χ1v) is 9.67. The summed E-state index contributed by atoms with van der Waals surface area (Å²) in [5.74, 6) is 0.626. The van der Waals surface area contributed by atoms with Crippen LogP contribution < -0.4 is 5.32 Å². The Morgan fingerprint density at radius 3 is 2.52 bits per heavy atom. The summed E-state index contributed by atoms with van der Waals surface area (Å²) in [6, 6.07) is 17.2. The van der Waals surface area contributed by atoms with Crippen LogP contribution in [0.5, 0.6) is 0 Å². The lowest BCUT2D eigenvalue weighted by molar-refractivity contribution is 0.0934. The van der Waals surface area contributed by atoms with Crippen LogP contribution in [0.1, 0.15) is 41.1 Å². The van der Waals surface area contributed by atoms with Crippen molar-refractivity contribution in [1.82, 2.24) is 25.1 Å². The molecule has 0 bridgehead atoms. The standard InChI is InChI=1S/C23H23N5O/c1-3-20(22-24-14-21(26-22)17-7-5-4-6-8-17)27-23(29)18-9-11-19(12-10-18)28-15-16(2)13-25-28/h4-15,20H,3H2,1-2H3,(H,24,26)(H,27,29). The molecule has 0 fully saturated rings. The summed E-state index contributed by atoms with van der Waals surface area (Å²) in [4.78, 5) is 20.6. The van der Waals surface area contributed by atoms with E-state index in [1.165, 1.54) is 0 Å². The molecular formula is C23H23N5O. The Balaban J connectivity index is 1.47. The van der Waals surface area contributed by atoms with Gasteiger partial charge in [-0.15, -0.1) is 0 Å². The van der Waals surface area contributed by atoms with Crippen LogP contribution >= 0.6 is 0 Å². The molecular weight excluding hydrogens is 362 g/mol.